The number of aromatic nitrogens is 1. The number of hydrogen-bond acceptors (Lipinski definition) is 6. The number of sulfonamides is 1. The Bertz CT molecular complexity index is 942. The van der Waals surface area contributed by atoms with E-state index in [0.717, 1.165) is 4.31 Å². The molecule has 1 unspecified atom stereocenters. The molecule has 0 N–H and O–H groups in total. The van der Waals surface area contributed by atoms with Crippen LogP contribution in [0.15, 0.2) is 53.6 Å². The van der Waals surface area contributed by atoms with Gasteiger partial charge in [-0.25, -0.2) is 13.4 Å². The second kappa shape index (κ2) is 9.53. The van der Waals surface area contributed by atoms with E-state index >= 15 is 0 Å². The van der Waals surface area contributed by atoms with Crippen molar-refractivity contribution in [2.75, 3.05) is 39.9 Å². The topological polar surface area (TPSA) is 89.0 Å². The van der Waals surface area contributed by atoms with Crippen LogP contribution in [-0.2, 0) is 19.6 Å². The molecule has 156 valence electrons. The molecule has 1 saturated heterocycles. The summed E-state index contributed by atoms with van der Waals surface area (Å²) in [7, 11) is -2.33. The molecule has 10 heteroatoms. The quantitative estimate of drug-likeness (QED) is 0.609. The van der Waals surface area contributed by atoms with Crippen molar-refractivity contribution in [1.82, 2.24) is 14.2 Å². The van der Waals surface area contributed by atoms with Gasteiger partial charge in [-0.2, -0.15) is 4.31 Å². The van der Waals surface area contributed by atoms with Crippen molar-refractivity contribution in [2.45, 2.75) is 11.0 Å². The lowest BCUT2D eigenvalue weighted by atomic mass is 10.2. The van der Waals surface area contributed by atoms with Gasteiger partial charge in [0.2, 0.25) is 15.9 Å². The van der Waals surface area contributed by atoms with Gasteiger partial charge in [0.05, 0.1) is 24.6 Å². The predicted molar refractivity (Wildman–Crippen MR) is 107 cm³/mol. The number of likely N-dealkylation sites (N-methyl/N-ethyl adjacent to an activating group) is 1. The van der Waals surface area contributed by atoms with Gasteiger partial charge in [0.1, 0.15) is 12.7 Å². The largest absolute Gasteiger partial charge is 0.488 e. The molecule has 1 aromatic heterocycles. The third-order valence-electron chi connectivity index (χ3n) is 4.45. The first-order valence-corrected chi connectivity index (χ1v) is 10.8. The van der Waals surface area contributed by atoms with Crippen molar-refractivity contribution in [3.63, 3.8) is 0 Å². The number of halogens is 1. The fourth-order valence-corrected chi connectivity index (χ4v) is 4.17. The van der Waals surface area contributed by atoms with Crippen molar-refractivity contribution in [1.29, 1.82) is 0 Å². The highest BCUT2D eigenvalue weighted by Gasteiger charge is 2.29. The average molecular weight is 440 g/mol. The van der Waals surface area contributed by atoms with Gasteiger partial charge in [-0.1, -0.05) is 29.8 Å². The van der Waals surface area contributed by atoms with Crippen LogP contribution in [-0.4, -0.2) is 74.5 Å². The monoisotopic (exact) mass is 439 g/mol. The normalized spacial score (nSPS) is 17.3. The highest BCUT2D eigenvalue weighted by molar-refractivity contribution is 7.89. The minimum absolute atomic E-state index is 0.150. The van der Waals surface area contributed by atoms with Crippen LogP contribution in [0.3, 0.4) is 0 Å². The Hall–Kier alpha value is -2.20. The first-order valence-electron chi connectivity index (χ1n) is 9.02. The first-order chi connectivity index (χ1) is 13.9. The van der Waals surface area contributed by atoms with Crippen LogP contribution < -0.4 is 4.74 Å². The van der Waals surface area contributed by atoms with Crippen LogP contribution in [0.5, 0.6) is 5.75 Å². The van der Waals surface area contributed by atoms with Crippen LogP contribution in [0.4, 0.5) is 0 Å². The number of nitrogens with zero attached hydrogens (tertiary/aromatic N) is 3. The molecule has 8 nitrogen and oxygen atoms in total. The van der Waals surface area contributed by atoms with Crippen molar-refractivity contribution in [3.05, 3.63) is 53.8 Å². The van der Waals surface area contributed by atoms with Gasteiger partial charge in [0, 0.05) is 19.8 Å². The third-order valence-corrected chi connectivity index (χ3v) is 6.55. The summed E-state index contributed by atoms with van der Waals surface area (Å²) in [6, 6.07) is 11.4. The van der Waals surface area contributed by atoms with E-state index in [1.165, 1.54) is 19.2 Å². The SMILES string of the molecule is CN(CC(=O)N1CCOC(COc2cccnc2Cl)C1)S(=O)(=O)c1ccccc1. The maximum absolute atomic E-state index is 12.7. The van der Waals surface area contributed by atoms with Crippen molar-refractivity contribution >= 4 is 27.5 Å². The minimum atomic E-state index is -3.73. The summed E-state index contributed by atoms with van der Waals surface area (Å²) in [4.78, 5) is 18.3. The molecule has 2 aromatic rings. The van der Waals surface area contributed by atoms with Crippen LogP contribution in [0.1, 0.15) is 0 Å². The molecule has 0 radical (unpaired) electrons. The van der Waals surface area contributed by atoms with E-state index in [9.17, 15) is 13.2 Å². The number of carbonyl (C=O) groups excluding carboxylic acids is 1. The zero-order valence-corrected chi connectivity index (χ0v) is 17.5. The summed E-state index contributed by atoms with van der Waals surface area (Å²) in [5, 5.41) is 0.254. The summed E-state index contributed by atoms with van der Waals surface area (Å²) in [6.45, 7) is 0.987. The van der Waals surface area contributed by atoms with E-state index in [0.29, 0.717) is 25.4 Å². The van der Waals surface area contributed by atoms with Crippen LogP contribution in [0.2, 0.25) is 5.15 Å². The zero-order chi connectivity index (χ0) is 20.9. The number of rotatable bonds is 7. The highest BCUT2D eigenvalue weighted by Crippen LogP contribution is 2.21. The summed E-state index contributed by atoms with van der Waals surface area (Å²) in [6.07, 6.45) is 1.21. The lowest BCUT2D eigenvalue weighted by molar-refractivity contribution is -0.139. The van der Waals surface area contributed by atoms with E-state index < -0.39 is 10.0 Å². The number of morpholine rings is 1. The number of ether oxygens (including phenoxy) is 2. The van der Waals surface area contributed by atoms with E-state index in [4.69, 9.17) is 21.1 Å². The Labute approximate surface area is 175 Å². The Morgan fingerprint density at radius 1 is 1.31 bits per heavy atom. The van der Waals surface area contributed by atoms with Crippen LogP contribution in [0.25, 0.3) is 0 Å². The van der Waals surface area contributed by atoms with Gasteiger partial charge >= 0.3 is 0 Å². The van der Waals surface area contributed by atoms with Gasteiger partial charge in [-0.05, 0) is 24.3 Å². The Morgan fingerprint density at radius 3 is 2.79 bits per heavy atom. The molecule has 0 aliphatic carbocycles. The Balaban J connectivity index is 1.56. The number of benzene rings is 1. The van der Waals surface area contributed by atoms with Gasteiger partial charge in [-0.15, -0.1) is 0 Å². The fraction of sp³-hybridized carbons (Fsp3) is 0.368. The molecule has 1 fully saturated rings. The summed E-state index contributed by atoms with van der Waals surface area (Å²) >= 11 is 5.97. The third kappa shape index (κ3) is 5.45. The molecular formula is C19H22ClN3O5S. The minimum Gasteiger partial charge on any atom is -0.488 e. The Kier molecular flexibility index (Phi) is 7.07. The maximum atomic E-state index is 12.7. The predicted octanol–water partition coefficient (Wildman–Crippen LogP) is 1.66. The summed E-state index contributed by atoms with van der Waals surface area (Å²) in [5.41, 5.74) is 0. The molecule has 0 spiro atoms. The van der Waals surface area contributed by atoms with E-state index in [1.807, 2.05) is 0 Å². The van der Waals surface area contributed by atoms with E-state index in [-0.39, 0.29) is 35.2 Å². The van der Waals surface area contributed by atoms with Gasteiger partial charge in [-0.3, -0.25) is 4.79 Å². The molecule has 0 bridgehead atoms. The molecule has 29 heavy (non-hydrogen) atoms. The lowest BCUT2D eigenvalue weighted by Gasteiger charge is -2.33. The molecular weight excluding hydrogens is 418 g/mol. The fourth-order valence-electron chi connectivity index (χ4n) is 2.86. The molecule has 2 heterocycles. The van der Waals surface area contributed by atoms with Crippen molar-refractivity contribution in [2.24, 2.45) is 0 Å². The zero-order valence-electron chi connectivity index (χ0n) is 15.9. The van der Waals surface area contributed by atoms with E-state index in [1.54, 1.807) is 41.4 Å². The molecule has 1 atom stereocenters. The van der Waals surface area contributed by atoms with Crippen molar-refractivity contribution < 1.29 is 22.7 Å². The average Bonchev–Trinajstić information content (AvgIpc) is 2.74. The summed E-state index contributed by atoms with van der Waals surface area (Å²) in [5.74, 6) is 0.148. The molecule has 1 aliphatic rings. The van der Waals surface area contributed by atoms with Crippen molar-refractivity contribution in [3.8, 4) is 5.75 Å². The summed E-state index contributed by atoms with van der Waals surface area (Å²) < 4.78 is 37.5. The lowest BCUT2D eigenvalue weighted by Crippen LogP contribution is -2.50. The molecule has 0 saturated carbocycles. The van der Waals surface area contributed by atoms with Gasteiger partial charge in [0.25, 0.3) is 0 Å². The molecule has 1 aliphatic heterocycles. The molecule has 1 aromatic carbocycles. The second-order valence-electron chi connectivity index (χ2n) is 6.51. The highest BCUT2D eigenvalue weighted by atomic mass is 35.5. The van der Waals surface area contributed by atoms with E-state index in [2.05, 4.69) is 4.98 Å². The maximum Gasteiger partial charge on any atom is 0.243 e. The Morgan fingerprint density at radius 2 is 2.07 bits per heavy atom. The van der Waals surface area contributed by atoms with Gasteiger partial charge < -0.3 is 14.4 Å². The van der Waals surface area contributed by atoms with Gasteiger partial charge in [0.15, 0.2) is 10.9 Å². The van der Waals surface area contributed by atoms with Crippen LogP contribution >= 0.6 is 11.6 Å². The standard InChI is InChI=1S/C19H22ClN3O5S/c1-22(29(25,26)16-6-3-2-4-7-16)13-18(24)23-10-11-27-15(12-23)14-28-17-8-5-9-21-19(17)20/h2-9,15H,10-14H2,1H3. The smallest absolute Gasteiger partial charge is 0.243 e. The second-order valence-corrected chi connectivity index (χ2v) is 8.91. The van der Waals surface area contributed by atoms with Crippen LogP contribution in [0, 0.1) is 0 Å². The number of hydrogen-bond donors (Lipinski definition) is 0. The number of pyridine rings is 1. The molecule has 1 amide bonds. The molecule has 3 rings (SSSR count). The first kappa shape index (κ1) is 21.5. The number of amides is 1. The number of carbonyl (C=O) groups is 1.